The third kappa shape index (κ3) is 5.39. The minimum absolute atomic E-state index is 0.00536. The Morgan fingerprint density at radius 3 is 2.27 bits per heavy atom. The summed E-state index contributed by atoms with van der Waals surface area (Å²) >= 11 is 12.2. The van der Waals surface area contributed by atoms with Gasteiger partial charge in [-0.1, -0.05) is 47.5 Å². The Labute approximate surface area is 222 Å². The number of anilines is 2. The van der Waals surface area contributed by atoms with Crippen LogP contribution in [0.5, 0.6) is 0 Å². The molecule has 0 saturated heterocycles. The van der Waals surface area contributed by atoms with Crippen molar-refractivity contribution < 1.29 is 13.2 Å². The van der Waals surface area contributed by atoms with Crippen LogP contribution in [0.25, 0.3) is 22.2 Å². The van der Waals surface area contributed by atoms with Gasteiger partial charge in [0.15, 0.2) is 0 Å². The number of para-hydroxylation sites is 1. The van der Waals surface area contributed by atoms with Crippen LogP contribution >= 0.6 is 23.2 Å². The number of carbonyl (C=O) groups excluding carboxylic acids is 1. The highest BCUT2D eigenvalue weighted by atomic mass is 35.5. The van der Waals surface area contributed by atoms with E-state index in [0.717, 1.165) is 0 Å². The summed E-state index contributed by atoms with van der Waals surface area (Å²) in [4.78, 5) is 25.7. The number of halogens is 2. The number of hydrogen-bond donors (Lipinski definition) is 2. The second-order valence-corrected chi connectivity index (χ2v) is 10.4. The number of nitrogens with zero attached hydrogens (tertiary/aromatic N) is 3. The first-order chi connectivity index (χ1) is 17.8. The van der Waals surface area contributed by atoms with Gasteiger partial charge in [0.2, 0.25) is 5.95 Å². The van der Waals surface area contributed by atoms with E-state index in [4.69, 9.17) is 23.2 Å². The minimum atomic E-state index is -3.90. The highest BCUT2D eigenvalue weighted by Crippen LogP contribution is 2.30. The molecule has 0 aliphatic heterocycles. The van der Waals surface area contributed by atoms with Gasteiger partial charge in [0, 0.05) is 29.0 Å². The highest BCUT2D eigenvalue weighted by molar-refractivity contribution is 7.92. The van der Waals surface area contributed by atoms with Crippen molar-refractivity contribution in [1.29, 1.82) is 0 Å². The summed E-state index contributed by atoms with van der Waals surface area (Å²) < 4.78 is 27.5. The van der Waals surface area contributed by atoms with Gasteiger partial charge in [0.05, 0.1) is 31.7 Å². The first-order valence-corrected chi connectivity index (χ1v) is 13.1. The average Bonchev–Trinajstić information content (AvgIpc) is 2.90. The predicted molar refractivity (Wildman–Crippen MR) is 144 cm³/mol. The molecule has 2 aromatic heterocycles. The molecule has 0 aliphatic carbocycles. The maximum atomic E-state index is 13.3. The van der Waals surface area contributed by atoms with E-state index in [0.29, 0.717) is 43.5 Å². The topological polar surface area (TPSA) is 114 Å². The number of amides is 1. The lowest BCUT2D eigenvalue weighted by Crippen LogP contribution is -2.15. The van der Waals surface area contributed by atoms with Crippen LogP contribution in [-0.4, -0.2) is 29.3 Å². The van der Waals surface area contributed by atoms with Crippen molar-refractivity contribution >= 4 is 61.7 Å². The normalized spacial score (nSPS) is 11.3. The minimum Gasteiger partial charge on any atom is -0.322 e. The Balaban J connectivity index is 1.43. The monoisotopic (exact) mass is 549 g/mol. The Bertz CT molecular complexity index is 1730. The lowest BCUT2D eigenvalue weighted by Gasteiger charge is -2.12. The van der Waals surface area contributed by atoms with Crippen LogP contribution in [0.3, 0.4) is 0 Å². The molecule has 0 atom stereocenters. The van der Waals surface area contributed by atoms with E-state index in [2.05, 4.69) is 25.0 Å². The van der Waals surface area contributed by atoms with Gasteiger partial charge in [-0.3, -0.25) is 4.79 Å². The Hall–Kier alpha value is -4.05. The molecule has 5 aromatic rings. The first-order valence-electron chi connectivity index (χ1n) is 10.9. The van der Waals surface area contributed by atoms with Crippen molar-refractivity contribution in [2.75, 3.05) is 10.0 Å². The molecule has 8 nitrogen and oxygen atoms in total. The van der Waals surface area contributed by atoms with E-state index >= 15 is 0 Å². The number of fused-ring (bicyclic) bond motifs is 1. The summed E-state index contributed by atoms with van der Waals surface area (Å²) in [6.07, 6.45) is 2.86. The van der Waals surface area contributed by atoms with E-state index in [9.17, 15) is 13.2 Å². The van der Waals surface area contributed by atoms with Crippen LogP contribution < -0.4 is 10.0 Å². The van der Waals surface area contributed by atoms with Gasteiger partial charge in [-0.15, -0.1) is 0 Å². The quantitative estimate of drug-likeness (QED) is 0.266. The zero-order valence-corrected chi connectivity index (χ0v) is 21.2. The number of nitrogens with one attached hydrogen (secondary N) is 2. The number of hydrogen-bond acceptors (Lipinski definition) is 6. The zero-order chi connectivity index (χ0) is 26.0. The molecule has 11 heteroatoms. The second-order valence-electron chi connectivity index (χ2n) is 7.86. The predicted octanol–water partition coefficient (Wildman–Crippen LogP) is 6.05. The molecule has 0 radical (unpaired) electrons. The summed E-state index contributed by atoms with van der Waals surface area (Å²) in [5, 5.41) is 4.28. The first kappa shape index (κ1) is 24.6. The van der Waals surface area contributed by atoms with E-state index in [1.807, 2.05) is 24.3 Å². The molecule has 3 aromatic carbocycles. The van der Waals surface area contributed by atoms with Gasteiger partial charge in [0.25, 0.3) is 15.9 Å². The van der Waals surface area contributed by atoms with E-state index < -0.39 is 10.0 Å². The smallest absolute Gasteiger partial charge is 0.264 e. The van der Waals surface area contributed by atoms with E-state index in [-0.39, 0.29) is 16.8 Å². The number of rotatable bonds is 6. The van der Waals surface area contributed by atoms with Crippen molar-refractivity contribution in [3.8, 4) is 11.3 Å². The molecular formula is C26H17Cl2N5O3S. The maximum Gasteiger partial charge on any atom is 0.264 e. The van der Waals surface area contributed by atoms with Crippen molar-refractivity contribution in [3.05, 3.63) is 107 Å². The summed E-state index contributed by atoms with van der Waals surface area (Å²) in [7, 11) is -3.90. The number of benzene rings is 3. The van der Waals surface area contributed by atoms with Crippen molar-refractivity contribution in [1.82, 2.24) is 15.0 Å². The summed E-state index contributed by atoms with van der Waals surface area (Å²) in [6, 6.07) is 21.4. The molecule has 0 bridgehead atoms. The average molecular weight is 550 g/mol. The van der Waals surface area contributed by atoms with Crippen LogP contribution in [0, 0.1) is 0 Å². The molecule has 0 spiro atoms. The molecule has 1 amide bonds. The number of sulfonamides is 1. The lowest BCUT2D eigenvalue weighted by molar-refractivity contribution is 0.102. The van der Waals surface area contributed by atoms with Crippen LogP contribution in [0.1, 0.15) is 10.4 Å². The largest absolute Gasteiger partial charge is 0.322 e. The van der Waals surface area contributed by atoms with E-state index in [1.54, 1.807) is 30.3 Å². The Kier molecular flexibility index (Phi) is 6.75. The number of aromatic nitrogens is 3. The number of pyridine rings is 1. The molecule has 0 unspecified atom stereocenters. The maximum absolute atomic E-state index is 13.3. The van der Waals surface area contributed by atoms with Crippen molar-refractivity contribution in [2.45, 2.75) is 4.90 Å². The molecule has 0 saturated carbocycles. The van der Waals surface area contributed by atoms with Gasteiger partial charge in [0.1, 0.15) is 0 Å². The third-order valence-corrected chi connectivity index (χ3v) is 7.47. The summed E-state index contributed by atoms with van der Waals surface area (Å²) in [5.41, 5.74) is 2.70. The van der Waals surface area contributed by atoms with Crippen molar-refractivity contribution in [3.63, 3.8) is 0 Å². The molecule has 184 valence electrons. The van der Waals surface area contributed by atoms with Crippen molar-refractivity contribution in [2.24, 2.45) is 0 Å². The molecule has 37 heavy (non-hydrogen) atoms. The van der Waals surface area contributed by atoms with E-state index in [1.165, 1.54) is 36.7 Å². The highest BCUT2D eigenvalue weighted by Gasteiger charge is 2.17. The molecule has 0 aliphatic rings. The summed E-state index contributed by atoms with van der Waals surface area (Å²) in [5.74, 6) is -0.423. The van der Waals surface area contributed by atoms with Gasteiger partial charge in [-0.2, -0.15) is 0 Å². The second kappa shape index (κ2) is 10.1. The Morgan fingerprint density at radius 2 is 1.54 bits per heavy atom. The van der Waals surface area contributed by atoms with Gasteiger partial charge in [-0.05, 0) is 54.6 Å². The molecule has 5 rings (SSSR count). The fourth-order valence-corrected chi connectivity index (χ4v) is 4.87. The van der Waals surface area contributed by atoms with Crippen LogP contribution in [0.4, 0.5) is 11.6 Å². The molecular weight excluding hydrogens is 533 g/mol. The third-order valence-electron chi connectivity index (χ3n) is 5.39. The van der Waals surface area contributed by atoms with Gasteiger partial charge >= 0.3 is 0 Å². The Morgan fingerprint density at radius 1 is 0.811 bits per heavy atom. The zero-order valence-electron chi connectivity index (χ0n) is 18.9. The lowest BCUT2D eigenvalue weighted by atomic mass is 10.0. The molecule has 2 N–H and O–H groups in total. The fraction of sp³-hybridized carbons (Fsp3) is 0. The fourth-order valence-electron chi connectivity index (χ4n) is 3.61. The van der Waals surface area contributed by atoms with Gasteiger partial charge in [-0.25, -0.2) is 28.1 Å². The van der Waals surface area contributed by atoms with Gasteiger partial charge < -0.3 is 5.32 Å². The van der Waals surface area contributed by atoms with Crippen LogP contribution in [0.2, 0.25) is 10.0 Å². The van der Waals surface area contributed by atoms with Crippen LogP contribution in [0.15, 0.2) is 96.2 Å². The van der Waals surface area contributed by atoms with Crippen LogP contribution in [-0.2, 0) is 10.0 Å². The molecule has 0 fully saturated rings. The standard InChI is InChI=1S/C26H17Cl2N5O3S/c27-21-11-6-16(14-22(21)28)24-15-20(19-4-1-2-5-23(19)32-24)25(34)31-17-7-9-18(10-8-17)37(35,36)33-26-29-12-3-13-30-26/h1-15H,(H,31,34)(H,29,30,33). The summed E-state index contributed by atoms with van der Waals surface area (Å²) in [6.45, 7) is 0. The number of carbonyl (C=O) groups is 1. The SMILES string of the molecule is O=C(Nc1ccc(S(=O)(=O)Nc2ncccn2)cc1)c1cc(-c2ccc(Cl)c(Cl)c2)nc2ccccc12. The molecule has 2 heterocycles.